The normalized spacial score (nSPS) is 11.8. The summed E-state index contributed by atoms with van der Waals surface area (Å²) >= 11 is 0. The maximum atomic E-state index is 11.0. The maximum absolute atomic E-state index is 11.0. The molecule has 0 aliphatic heterocycles. The molecule has 3 rings (SSSR count). The number of hydrogen-bond acceptors (Lipinski definition) is 3. The number of carboxylic acid groups (broad SMARTS) is 1. The summed E-state index contributed by atoms with van der Waals surface area (Å²) in [6.07, 6.45) is 1.82. The van der Waals surface area contributed by atoms with Crippen LogP contribution in [0.2, 0.25) is 0 Å². The lowest BCUT2D eigenvalue weighted by atomic mass is 9.87. The van der Waals surface area contributed by atoms with Gasteiger partial charge in [0.25, 0.3) is 0 Å². The largest absolute Gasteiger partial charge is 0.481 e. The topological polar surface area (TPSA) is 68.0 Å². The van der Waals surface area contributed by atoms with Crippen molar-refractivity contribution >= 4 is 17.1 Å². The van der Waals surface area contributed by atoms with Crippen LogP contribution >= 0.6 is 0 Å². The van der Waals surface area contributed by atoms with Gasteiger partial charge >= 0.3 is 5.97 Å². The molecule has 2 heterocycles. The van der Waals surface area contributed by atoms with Crippen LogP contribution < -0.4 is 0 Å². The lowest BCUT2D eigenvalue weighted by molar-refractivity contribution is -0.137. The number of fused-ring (bicyclic) bond motifs is 1. The molecule has 5 nitrogen and oxygen atoms in total. The first-order chi connectivity index (χ1) is 11.8. The van der Waals surface area contributed by atoms with Crippen molar-refractivity contribution in [1.82, 2.24) is 14.5 Å². The highest BCUT2D eigenvalue weighted by Gasteiger charge is 2.17. The van der Waals surface area contributed by atoms with E-state index in [9.17, 15) is 4.79 Å². The van der Waals surface area contributed by atoms with Gasteiger partial charge in [-0.05, 0) is 29.5 Å². The highest BCUT2D eigenvalue weighted by atomic mass is 16.4. The zero-order chi connectivity index (χ0) is 18.2. The van der Waals surface area contributed by atoms with Gasteiger partial charge in [0, 0.05) is 18.3 Å². The number of benzene rings is 1. The Bertz CT molecular complexity index is 919. The second kappa shape index (κ2) is 6.31. The molecule has 0 saturated heterocycles. The molecular formula is C20H23N3O2. The molecule has 0 spiro atoms. The molecule has 0 bridgehead atoms. The van der Waals surface area contributed by atoms with Crippen LogP contribution in [0.25, 0.3) is 22.6 Å². The quantitative estimate of drug-likeness (QED) is 0.775. The van der Waals surface area contributed by atoms with Crippen LogP contribution in [-0.2, 0) is 16.8 Å². The minimum atomic E-state index is -0.831. The third kappa shape index (κ3) is 3.55. The summed E-state index contributed by atoms with van der Waals surface area (Å²) in [6, 6.07) is 10.3. The van der Waals surface area contributed by atoms with Crippen molar-refractivity contribution < 1.29 is 9.90 Å². The number of pyridine rings is 1. The fourth-order valence-corrected chi connectivity index (χ4v) is 2.87. The van der Waals surface area contributed by atoms with Gasteiger partial charge in [-0.1, -0.05) is 45.0 Å². The molecular weight excluding hydrogens is 314 g/mol. The first-order valence-electron chi connectivity index (χ1n) is 8.41. The zero-order valence-electron chi connectivity index (χ0n) is 15.1. The van der Waals surface area contributed by atoms with Crippen molar-refractivity contribution in [3.63, 3.8) is 0 Å². The molecule has 25 heavy (non-hydrogen) atoms. The fourth-order valence-electron chi connectivity index (χ4n) is 2.87. The predicted molar refractivity (Wildman–Crippen MR) is 98.7 cm³/mol. The van der Waals surface area contributed by atoms with E-state index in [-0.39, 0.29) is 11.8 Å². The molecule has 2 aromatic heterocycles. The first-order valence-corrected chi connectivity index (χ1v) is 8.41. The highest BCUT2D eigenvalue weighted by molar-refractivity contribution is 5.78. The van der Waals surface area contributed by atoms with Gasteiger partial charge in [-0.3, -0.25) is 4.79 Å². The number of hydrogen-bond donors (Lipinski definition) is 1. The molecule has 0 saturated carbocycles. The van der Waals surface area contributed by atoms with Gasteiger partial charge in [0.2, 0.25) is 0 Å². The minimum absolute atomic E-state index is 0.0358. The Labute approximate surface area is 147 Å². The van der Waals surface area contributed by atoms with E-state index in [1.165, 1.54) is 5.56 Å². The van der Waals surface area contributed by atoms with E-state index in [0.717, 1.165) is 28.1 Å². The number of imidazole rings is 1. The molecule has 0 radical (unpaired) electrons. The Hall–Kier alpha value is -2.69. The van der Waals surface area contributed by atoms with Gasteiger partial charge in [0.05, 0.1) is 6.42 Å². The summed E-state index contributed by atoms with van der Waals surface area (Å²) < 4.78 is 1.90. The van der Waals surface area contributed by atoms with Crippen molar-refractivity contribution in [2.24, 2.45) is 0 Å². The van der Waals surface area contributed by atoms with Crippen molar-refractivity contribution in [2.75, 3.05) is 0 Å². The molecule has 0 fully saturated rings. The van der Waals surface area contributed by atoms with E-state index in [2.05, 4.69) is 37.9 Å². The number of rotatable bonds is 4. The molecule has 0 aliphatic rings. The van der Waals surface area contributed by atoms with Crippen LogP contribution in [0.3, 0.4) is 0 Å². The van der Waals surface area contributed by atoms with E-state index in [4.69, 9.17) is 10.1 Å². The SMILES string of the molecule is Cc1cnc2c(c1)nc(-c1ccc(C(C)(C)C)cc1)n2CCC(=O)O. The van der Waals surface area contributed by atoms with Gasteiger partial charge in [-0.15, -0.1) is 0 Å². The van der Waals surface area contributed by atoms with Gasteiger partial charge in [-0.25, -0.2) is 9.97 Å². The predicted octanol–water partition coefficient (Wildman–Crippen LogP) is 4.18. The van der Waals surface area contributed by atoms with Crippen LogP contribution in [0.15, 0.2) is 36.5 Å². The van der Waals surface area contributed by atoms with Gasteiger partial charge in [-0.2, -0.15) is 0 Å². The van der Waals surface area contributed by atoms with Crippen LogP contribution in [-0.4, -0.2) is 25.6 Å². The molecule has 130 valence electrons. The van der Waals surface area contributed by atoms with E-state index in [1.54, 1.807) is 6.20 Å². The Kier molecular flexibility index (Phi) is 4.33. The van der Waals surface area contributed by atoms with Crippen LogP contribution in [0.5, 0.6) is 0 Å². The summed E-state index contributed by atoms with van der Waals surface area (Å²) in [6.45, 7) is 8.85. The third-order valence-corrected chi connectivity index (χ3v) is 4.28. The van der Waals surface area contributed by atoms with Gasteiger partial charge in [0.1, 0.15) is 11.3 Å². The zero-order valence-corrected chi connectivity index (χ0v) is 15.1. The standard InChI is InChI=1S/C20H23N3O2/c1-13-11-16-19(21-12-13)23(10-9-17(24)25)18(22-16)14-5-7-15(8-6-14)20(2,3)4/h5-8,11-12H,9-10H2,1-4H3,(H,24,25). The number of aryl methyl sites for hydroxylation is 2. The molecule has 3 aromatic rings. The molecule has 5 heteroatoms. The summed E-state index contributed by atoms with van der Waals surface area (Å²) in [7, 11) is 0. The lowest BCUT2D eigenvalue weighted by Crippen LogP contribution is -2.11. The first kappa shape index (κ1) is 17.1. The van der Waals surface area contributed by atoms with Crippen LogP contribution in [0.4, 0.5) is 0 Å². The molecule has 0 atom stereocenters. The molecule has 1 N–H and O–H groups in total. The molecule has 0 unspecified atom stereocenters. The number of carboxylic acids is 1. The van der Waals surface area contributed by atoms with Crippen molar-refractivity contribution in [1.29, 1.82) is 0 Å². The Balaban J connectivity index is 2.10. The summed E-state index contributed by atoms with van der Waals surface area (Å²) in [4.78, 5) is 20.2. The maximum Gasteiger partial charge on any atom is 0.305 e. The second-order valence-electron chi connectivity index (χ2n) is 7.41. The summed E-state index contributed by atoms with van der Waals surface area (Å²) in [5.74, 6) is -0.0715. The molecule has 0 amide bonds. The number of aromatic nitrogens is 3. The van der Waals surface area contributed by atoms with Crippen LogP contribution in [0, 0.1) is 6.92 Å². The van der Waals surface area contributed by atoms with E-state index in [1.807, 2.05) is 29.7 Å². The second-order valence-corrected chi connectivity index (χ2v) is 7.41. The Morgan fingerprint density at radius 1 is 1.20 bits per heavy atom. The Morgan fingerprint density at radius 2 is 1.88 bits per heavy atom. The highest BCUT2D eigenvalue weighted by Crippen LogP contribution is 2.28. The van der Waals surface area contributed by atoms with Crippen molar-refractivity contribution in [3.8, 4) is 11.4 Å². The smallest absolute Gasteiger partial charge is 0.305 e. The van der Waals surface area contributed by atoms with E-state index < -0.39 is 5.97 Å². The summed E-state index contributed by atoms with van der Waals surface area (Å²) in [5, 5.41) is 9.06. The fraction of sp³-hybridized carbons (Fsp3) is 0.350. The van der Waals surface area contributed by atoms with Crippen molar-refractivity contribution in [3.05, 3.63) is 47.7 Å². The average molecular weight is 337 g/mol. The molecule has 0 aliphatic carbocycles. The van der Waals surface area contributed by atoms with Gasteiger partial charge < -0.3 is 9.67 Å². The monoisotopic (exact) mass is 337 g/mol. The average Bonchev–Trinajstić information content (AvgIpc) is 2.89. The third-order valence-electron chi connectivity index (χ3n) is 4.28. The summed E-state index contributed by atoms with van der Waals surface area (Å²) in [5.41, 5.74) is 4.85. The number of aliphatic carboxylic acids is 1. The molecule has 1 aromatic carbocycles. The van der Waals surface area contributed by atoms with Crippen molar-refractivity contribution in [2.45, 2.75) is 46.1 Å². The van der Waals surface area contributed by atoms with Crippen LogP contribution in [0.1, 0.15) is 38.3 Å². The number of carbonyl (C=O) groups is 1. The van der Waals surface area contributed by atoms with Gasteiger partial charge in [0.15, 0.2) is 5.65 Å². The lowest BCUT2D eigenvalue weighted by Gasteiger charge is -2.19. The van der Waals surface area contributed by atoms with E-state index >= 15 is 0 Å². The van der Waals surface area contributed by atoms with E-state index in [0.29, 0.717) is 6.54 Å². The Morgan fingerprint density at radius 3 is 2.48 bits per heavy atom. The minimum Gasteiger partial charge on any atom is -0.481 e. The number of nitrogens with zero attached hydrogens (tertiary/aromatic N) is 3.